The Bertz CT molecular complexity index is 1320. The van der Waals surface area contributed by atoms with Crippen LogP contribution < -0.4 is 5.73 Å². The number of anilines is 1. The zero-order valence-corrected chi connectivity index (χ0v) is 23.5. The number of fused-ring (bicyclic) bond motifs is 2. The number of aromatic nitrogens is 4. The normalized spacial score (nSPS) is 24.4. The van der Waals surface area contributed by atoms with E-state index in [0.29, 0.717) is 30.1 Å². The average Bonchev–Trinajstić information content (AvgIpc) is 3.51. The second kappa shape index (κ2) is 10.5. The third-order valence-corrected chi connectivity index (χ3v) is 7.18. The lowest BCUT2D eigenvalue weighted by Gasteiger charge is -2.27. The van der Waals surface area contributed by atoms with E-state index in [1.54, 1.807) is 6.33 Å². The predicted molar refractivity (Wildman–Crippen MR) is 145 cm³/mol. The zero-order chi connectivity index (χ0) is 27.9. The van der Waals surface area contributed by atoms with Crippen LogP contribution in [0.2, 0.25) is 0 Å². The number of imidazole rings is 1. The highest BCUT2D eigenvalue weighted by atomic mass is 16.8. The van der Waals surface area contributed by atoms with Gasteiger partial charge in [0, 0.05) is 13.1 Å². The van der Waals surface area contributed by atoms with Gasteiger partial charge in [-0.25, -0.2) is 15.0 Å². The molecule has 11 heteroatoms. The van der Waals surface area contributed by atoms with Crippen molar-refractivity contribution in [1.82, 2.24) is 24.4 Å². The number of esters is 1. The van der Waals surface area contributed by atoms with Gasteiger partial charge in [0.2, 0.25) is 0 Å². The van der Waals surface area contributed by atoms with Crippen molar-refractivity contribution in [3.63, 3.8) is 0 Å². The number of benzene rings is 1. The van der Waals surface area contributed by atoms with E-state index in [2.05, 4.69) is 52.8 Å². The molecule has 0 amide bonds. The van der Waals surface area contributed by atoms with Crippen molar-refractivity contribution < 1.29 is 23.7 Å². The maximum Gasteiger partial charge on any atom is 0.310 e. The molecule has 210 valence electrons. The minimum atomic E-state index is -0.751. The average molecular weight is 539 g/mol. The molecular weight excluding hydrogens is 500 g/mol. The lowest BCUT2D eigenvalue weighted by molar-refractivity contribution is -0.197. The van der Waals surface area contributed by atoms with Crippen LogP contribution in [0.4, 0.5) is 5.82 Å². The van der Waals surface area contributed by atoms with E-state index < -0.39 is 12.0 Å². The molecule has 2 N–H and O–H groups in total. The summed E-state index contributed by atoms with van der Waals surface area (Å²) in [4.78, 5) is 27.2. The summed E-state index contributed by atoms with van der Waals surface area (Å²) in [6, 6.07) is 8.13. The predicted octanol–water partition coefficient (Wildman–Crippen LogP) is 2.84. The first-order valence-electron chi connectivity index (χ1n) is 13.3. The molecule has 4 heterocycles. The van der Waals surface area contributed by atoms with Crippen LogP contribution in [0.15, 0.2) is 36.9 Å². The van der Waals surface area contributed by atoms with Crippen LogP contribution in [0.3, 0.4) is 0 Å². The van der Waals surface area contributed by atoms with Crippen molar-refractivity contribution in [2.75, 3.05) is 32.5 Å². The smallest absolute Gasteiger partial charge is 0.310 e. The largest absolute Gasteiger partial charge is 0.464 e. The maximum atomic E-state index is 12.4. The molecule has 0 saturated carbocycles. The van der Waals surface area contributed by atoms with E-state index in [4.69, 9.17) is 24.7 Å². The second-order valence-electron chi connectivity index (χ2n) is 11.8. The summed E-state index contributed by atoms with van der Waals surface area (Å²) in [5, 5.41) is 0. The highest BCUT2D eigenvalue weighted by Gasteiger charge is 2.56. The molecule has 1 aromatic carbocycles. The number of carbonyl (C=O) groups is 1. The second-order valence-corrected chi connectivity index (χ2v) is 11.8. The topological polar surface area (TPSA) is 127 Å². The Balaban J connectivity index is 1.16. The first kappa shape index (κ1) is 27.4. The number of carbonyl (C=O) groups excluding carboxylic acids is 1. The Hall–Kier alpha value is -3.12. The molecule has 2 aromatic heterocycles. The fraction of sp³-hybridized carbons (Fsp3) is 0.571. The number of hydrogen-bond acceptors (Lipinski definition) is 10. The van der Waals surface area contributed by atoms with Gasteiger partial charge in [-0.1, -0.05) is 45.0 Å². The summed E-state index contributed by atoms with van der Waals surface area (Å²) in [7, 11) is 1.96. The van der Waals surface area contributed by atoms with E-state index >= 15 is 0 Å². The monoisotopic (exact) mass is 538 g/mol. The molecular formula is C28H38N6O5. The van der Waals surface area contributed by atoms with E-state index in [9.17, 15) is 4.79 Å². The molecule has 0 spiro atoms. The molecule has 2 saturated heterocycles. The lowest BCUT2D eigenvalue weighted by atomic mass is 9.86. The molecule has 4 atom stereocenters. The fourth-order valence-electron chi connectivity index (χ4n) is 5.14. The Morgan fingerprint density at radius 3 is 2.56 bits per heavy atom. The first-order chi connectivity index (χ1) is 18.4. The van der Waals surface area contributed by atoms with Crippen molar-refractivity contribution >= 4 is 23.0 Å². The van der Waals surface area contributed by atoms with Crippen molar-refractivity contribution in [2.45, 2.75) is 76.8 Å². The number of nitrogens with two attached hydrogens (primary N) is 1. The molecule has 2 aliphatic heterocycles. The number of nitrogens with zero attached hydrogens (tertiary/aromatic N) is 5. The number of nitrogen functional groups attached to an aromatic ring is 1. The van der Waals surface area contributed by atoms with Gasteiger partial charge in [-0.15, -0.1) is 0 Å². The Kier molecular flexibility index (Phi) is 7.36. The molecule has 0 radical (unpaired) electrons. The molecule has 0 bridgehead atoms. The van der Waals surface area contributed by atoms with Crippen LogP contribution in [0.5, 0.6) is 0 Å². The van der Waals surface area contributed by atoms with Gasteiger partial charge in [0.15, 0.2) is 23.5 Å². The number of likely N-dealkylation sites (N-methyl/N-ethyl adjacent to an activating group) is 1. The van der Waals surface area contributed by atoms with Crippen molar-refractivity contribution in [1.29, 1.82) is 0 Å². The van der Waals surface area contributed by atoms with Crippen LogP contribution in [0.1, 0.15) is 52.0 Å². The number of hydrogen-bond donors (Lipinski definition) is 1. The van der Waals surface area contributed by atoms with Gasteiger partial charge >= 0.3 is 5.97 Å². The van der Waals surface area contributed by atoms with Crippen molar-refractivity contribution in [3.8, 4) is 0 Å². The van der Waals surface area contributed by atoms with Gasteiger partial charge in [-0.05, 0) is 37.4 Å². The highest BCUT2D eigenvalue weighted by Crippen LogP contribution is 2.44. The van der Waals surface area contributed by atoms with Crippen molar-refractivity contribution in [2.24, 2.45) is 0 Å². The molecule has 0 aliphatic carbocycles. The summed E-state index contributed by atoms with van der Waals surface area (Å²) in [6.45, 7) is 11.7. The standard InChI is InChI=1S/C28H38N6O5/c1-27(2,3)18-9-7-17(8-10-18)13-20(35)36-12-11-33(6)14-19-22-23(39-28(4,5)38-22)26(37-19)34-16-32-21-24(29)30-15-31-25(21)34/h7-10,15-16,19,22-23,26H,11-14H2,1-6H3,(H2,29,30,31)/t19-,22-,23-,26-/m1/s1. The van der Waals surface area contributed by atoms with E-state index in [-0.39, 0.29) is 42.7 Å². The van der Waals surface area contributed by atoms with Crippen LogP contribution in [0.25, 0.3) is 11.2 Å². The quantitative estimate of drug-likeness (QED) is 0.428. The molecule has 39 heavy (non-hydrogen) atoms. The molecule has 3 aromatic rings. The van der Waals surface area contributed by atoms with Gasteiger partial charge in [-0.3, -0.25) is 9.36 Å². The van der Waals surface area contributed by atoms with E-state index in [1.807, 2.05) is 37.6 Å². The summed E-state index contributed by atoms with van der Waals surface area (Å²) >= 11 is 0. The van der Waals surface area contributed by atoms with Gasteiger partial charge in [-0.2, -0.15) is 0 Å². The molecule has 2 aliphatic rings. The summed E-state index contributed by atoms with van der Waals surface area (Å²) in [5.41, 5.74) is 9.33. The van der Waals surface area contributed by atoms with Crippen LogP contribution in [-0.4, -0.2) is 81.2 Å². The molecule has 0 unspecified atom stereocenters. The van der Waals surface area contributed by atoms with Gasteiger partial charge in [0.25, 0.3) is 0 Å². The third kappa shape index (κ3) is 5.91. The minimum absolute atomic E-state index is 0.0764. The Morgan fingerprint density at radius 2 is 1.85 bits per heavy atom. The summed E-state index contributed by atoms with van der Waals surface area (Å²) in [5.74, 6) is -0.684. The Morgan fingerprint density at radius 1 is 1.13 bits per heavy atom. The lowest BCUT2D eigenvalue weighted by Crippen LogP contribution is -2.39. The minimum Gasteiger partial charge on any atom is -0.464 e. The first-order valence-corrected chi connectivity index (χ1v) is 13.3. The highest BCUT2D eigenvalue weighted by molar-refractivity contribution is 5.81. The Labute approximate surface area is 228 Å². The summed E-state index contributed by atoms with van der Waals surface area (Å²) < 4.78 is 26.3. The third-order valence-electron chi connectivity index (χ3n) is 7.18. The molecule has 2 fully saturated rings. The maximum absolute atomic E-state index is 12.4. The summed E-state index contributed by atoms with van der Waals surface area (Å²) in [6.07, 6.45) is 1.90. The zero-order valence-electron chi connectivity index (χ0n) is 23.5. The van der Waals surface area contributed by atoms with E-state index in [1.165, 1.54) is 11.9 Å². The van der Waals surface area contributed by atoms with Crippen LogP contribution in [0, 0.1) is 0 Å². The number of rotatable bonds is 8. The van der Waals surface area contributed by atoms with Gasteiger partial charge < -0.3 is 29.6 Å². The fourth-order valence-corrected chi connectivity index (χ4v) is 5.14. The SMILES string of the molecule is CN(CCOC(=O)Cc1ccc(C(C)(C)C)cc1)C[C@H]1O[C@@H](n2cnc3c(N)ncnc32)[C@@H]2OC(C)(C)O[C@@H]21. The molecule has 11 nitrogen and oxygen atoms in total. The van der Waals surface area contributed by atoms with Gasteiger partial charge in [0.1, 0.15) is 36.8 Å². The van der Waals surface area contributed by atoms with Crippen LogP contribution in [-0.2, 0) is 35.6 Å². The number of ether oxygens (including phenoxy) is 4. The molecule has 5 rings (SSSR count). The van der Waals surface area contributed by atoms with E-state index in [0.717, 1.165) is 5.56 Å². The van der Waals surface area contributed by atoms with Crippen LogP contribution >= 0.6 is 0 Å². The van der Waals surface area contributed by atoms with Gasteiger partial charge in [0.05, 0.1) is 12.7 Å². The van der Waals surface area contributed by atoms with Crippen molar-refractivity contribution in [3.05, 3.63) is 48.0 Å².